The molecule has 3 nitrogen and oxygen atoms in total. The second-order valence-corrected chi connectivity index (χ2v) is 3.62. The molecule has 0 amide bonds. The lowest BCUT2D eigenvalue weighted by Gasteiger charge is -2.03. The summed E-state index contributed by atoms with van der Waals surface area (Å²) in [5.41, 5.74) is 6.56. The molecule has 0 saturated heterocycles. The van der Waals surface area contributed by atoms with Gasteiger partial charge in [0.2, 0.25) is 0 Å². The van der Waals surface area contributed by atoms with Gasteiger partial charge in [-0.1, -0.05) is 26.0 Å². The first-order valence-electron chi connectivity index (χ1n) is 6.60. The zero-order valence-electron chi connectivity index (χ0n) is 11.8. The van der Waals surface area contributed by atoms with Gasteiger partial charge in [0.1, 0.15) is 5.75 Å². The van der Waals surface area contributed by atoms with Crippen LogP contribution in [0.3, 0.4) is 0 Å². The zero-order chi connectivity index (χ0) is 13.6. The highest BCUT2D eigenvalue weighted by Gasteiger charge is 1.94. The van der Waals surface area contributed by atoms with Crippen molar-refractivity contribution in [1.29, 1.82) is 0 Å². The number of unbranched alkanes of at least 4 members (excludes halogenated alkanes) is 1. The van der Waals surface area contributed by atoms with Crippen molar-refractivity contribution < 1.29 is 4.74 Å². The summed E-state index contributed by atoms with van der Waals surface area (Å²) in [5, 5.41) is 3.11. The highest BCUT2D eigenvalue weighted by Crippen LogP contribution is 2.12. The van der Waals surface area contributed by atoms with E-state index in [1.54, 1.807) is 13.3 Å². The molecular weight excluding hydrogens is 224 g/mol. The molecule has 0 atom stereocenters. The highest BCUT2D eigenvalue weighted by molar-refractivity contribution is 5.27. The Hall–Kier alpha value is -1.64. The number of ether oxygens (including phenoxy) is 1. The van der Waals surface area contributed by atoms with Crippen LogP contribution >= 0.6 is 0 Å². The fraction of sp³-hybridized carbons (Fsp3) is 0.467. The fourth-order valence-corrected chi connectivity index (χ4v) is 1.50. The Kier molecular flexibility index (Phi) is 10.8. The number of rotatable bonds is 7. The van der Waals surface area contributed by atoms with Crippen molar-refractivity contribution in [2.45, 2.75) is 33.1 Å². The van der Waals surface area contributed by atoms with Crippen LogP contribution in [0.15, 0.2) is 36.7 Å². The number of aryl methyl sites for hydroxylation is 1. The largest absolute Gasteiger partial charge is 0.497 e. The molecule has 1 rings (SSSR count). The molecule has 3 heteroatoms. The maximum Gasteiger partial charge on any atom is 0.118 e. The Labute approximate surface area is 111 Å². The molecule has 102 valence electrons. The molecule has 0 bridgehead atoms. The highest BCUT2D eigenvalue weighted by atomic mass is 16.5. The molecule has 3 N–H and O–H groups in total. The minimum Gasteiger partial charge on any atom is -0.497 e. The third-order valence-corrected chi connectivity index (χ3v) is 2.41. The van der Waals surface area contributed by atoms with Gasteiger partial charge >= 0.3 is 0 Å². The molecule has 0 saturated carbocycles. The van der Waals surface area contributed by atoms with Gasteiger partial charge in [0.15, 0.2) is 0 Å². The van der Waals surface area contributed by atoms with Crippen molar-refractivity contribution in [3.05, 3.63) is 42.2 Å². The van der Waals surface area contributed by atoms with Crippen LogP contribution in [0.1, 0.15) is 32.3 Å². The smallest absolute Gasteiger partial charge is 0.118 e. The topological polar surface area (TPSA) is 47.3 Å². The van der Waals surface area contributed by atoms with E-state index in [1.807, 2.05) is 26.0 Å². The maximum atomic E-state index is 5.21. The first kappa shape index (κ1) is 16.4. The SMILES string of the molecule is CC.COc1ccc(CCCCN/C=C\N)cc1. The van der Waals surface area contributed by atoms with E-state index in [0.29, 0.717) is 0 Å². The summed E-state index contributed by atoms with van der Waals surface area (Å²) in [5.74, 6) is 0.915. The Morgan fingerprint density at radius 1 is 1.17 bits per heavy atom. The minimum atomic E-state index is 0.915. The molecule has 0 unspecified atom stereocenters. The molecule has 0 aliphatic carbocycles. The molecule has 0 heterocycles. The molecule has 0 spiro atoms. The molecule has 18 heavy (non-hydrogen) atoms. The van der Waals surface area contributed by atoms with Crippen LogP contribution in [0.2, 0.25) is 0 Å². The third kappa shape index (κ3) is 7.60. The fourth-order valence-electron chi connectivity index (χ4n) is 1.50. The Morgan fingerprint density at radius 3 is 2.39 bits per heavy atom. The number of hydrogen-bond acceptors (Lipinski definition) is 3. The van der Waals surface area contributed by atoms with Gasteiger partial charge in [0, 0.05) is 18.9 Å². The van der Waals surface area contributed by atoms with E-state index in [-0.39, 0.29) is 0 Å². The van der Waals surface area contributed by atoms with Crippen molar-refractivity contribution >= 4 is 0 Å². The van der Waals surface area contributed by atoms with Gasteiger partial charge in [-0.15, -0.1) is 0 Å². The van der Waals surface area contributed by atoms with Crippen LogP contribution in [0.5, 0.6) is 5.75 Å². The average molecular weight is 250 g/mol. The molecule has 0 fully saturated rings. The van der Waals surface area contributed by atoms with Gasteiger partial charge in [-0.25, -0.2) is 0 Å². The van der Waals surface area contributed by atoms with Crippen molar-refractivity contribution in [2.75, 3.05) is 13.7 Å². The molecule has 0 aromatic heterocycles. The predicted octanol–water partition coefficient (Wildman–Crippen LogP) is 3.06. The van der Waals surface area contributed by atoms with E-state index in [0.717, 1.165) is 25.1 Å². The lowest BCUT2D eigenvalue weighted by atomic mass is 10.1. The maximum absolute atomic E-state index is 5.21. The van der Waals surface area contributed by atoms with Gasteiger partial charge in [-0.3, -0.25) is 0 Å². The Balaban J connectivity index is 0.00000137. The van der Waals surface area contributed by atoms with Crippen LogP contribution in [-0.2, 0) is 6.42 Å². The van der Waals surface area contributed by atoms with E-state index in [2.05, 4.69) is 17.4 Å². The standard InChI is InChI=1S/C13H20N2O.C2H6/c1-16-13-7-5-12(6-8-13)4-2-3-10-15-11-9-14;1-2/h5-9,11,15H,2-4,10,14H2,1H3;1-2H3/b11-9-;. The van der Waals surface area contributed by atoms with Gasteiger partial charge in [-0.05, 0) is 37.0 Å². The summed E-state index contributed by atoms with van der Waals surface area (Å²) >= 11 is 0. The number of nitrogens with two attached hydrogens (primary N) is 1. The first-order chi connectivity index (χ1) is 8.86. The van der Waals surface area contributed by atoms with Crippen molar-refractivity contribution in [3.63, 3.8) is 0 Å². The Morgan fingerprint density at radius 2 is 1.83 bits per heavy atom. The van der Waals surface area contributed by atoms with Gasteiger partial charge in [0.25, 0.3) is 0 Å². The van der Waals surface area contributed by atoms with E-state index in [9.17, 15) is 0 Å². The van der Waals surface area contributed by atoms with Crippen LogP contribution in [-0.4, -0.2) is 13.7 Å². The molecule has 1 aromatic rings. The predicted molar refractivity (Wildman–Crippen MR) is 78.6 cm³/mol. The molecule has 1 aromatic carbocycles. The van der Waals surface area contributed by atoms with Crippen molar-refractivity contribution in [2.24, 2.45) is 5.73 Å². The normalized spacial score (nSPS) is 9.72. The zero-order valence-corrected chi connectivity index (χ0v) is 11.8. The van der Waals surface area contributed by atoms with Gasteiger partial charge in [-0.2, -0.15) is 0 Å². The minimum absolute atomic E-state index is 0.915. The van der Waals surface area contributed by atoms with Gasteiger partial charge in [0.05, 0.1) is 7.11 Å². The molecule has 0 aliphatic heterocycles. The Bertz CT molecular complexity index is 307. The lowest BCUT2D eigenvalue weighted by Crippen LogP contribution is -2.07. The first-order valence-corrected chi connectivity index (χ1v) is 6.60. The van der Waals surface area contributed by atoms with Crippen LogP contribution in [0, 0.1) is 0 Å². The summed E-state index contributed by atoms with van der Waals surface area (Å²) in [6, 6.07) is 8.24. The quantitative estimate of drug-likeness (QED) is 0.731. The second-order valence-electron chi connectivity index (χ2n) is 3.62. The summed E-state index contributed by atoms with van der Waals surface area (Å²) in [6.45, 7) is 4.98. The van der Waals surface area contributed by atoms with Gasteiger partial charge < -0.3 is 15.8 Å². The van der Waals surface area contributed by atoms with Crippen LogP contribution in [0.25, 0.3) is 0 Å². The van der Waals surface area contributed by atoms with E-state index in [4.69, 9.17) is 10.5 Å². The monoisotopic (exact) mass is 250 g/mol. The van der Waals surface area contributed by atoms with E-state index < -0.39 is 0 Å². The van der Waals surface area contributed by atoms with Crippen LogP contribution in [0.4, 0.5) is 0 Å². The van der Waals surface area contributed by atoms with Crippen molar-refractivity contribution in [3.8, 4) is 5.75 Å². The molecule has 0 aliphatic rings. The van der Waals surface area contributed by atoms with E-state index >= 15 is 0 Å². The summed E-state index contributed by atoms with van der Waals surface area (Å²) in [4.78, 5) is 0. The third-order valence-electron chi connectivity index (χ3n) is 2.41. The summed E-state index contributed by atoms with van der Waals surface area (Å²) in [6.07, 6.45) is 6.73. The second kappa shape index (κ2) is 11.8. The lowest BCUT2D eigenvalue weighted by molar-refractivity contribution is 0.414. The van der Waals surface area contributed by atoms with E-state index in [1.165, 1.54) is 18.2 Å². The number of nitrogens with one attached hydrogen (secondary N) is 1. The number of hydrogen-bond donors (Lipinski definition) is 2. The average Bonchev–Trinajstić information content (AvgIpc) is 2.45. The molecular formula is C15H26N2O. The summed E-state index contributed by atoms with van der Waals surface area (Å²) in [7, 11) is 1.69. The number of benzene rings is 1. The number of methoxy groups -OCH3 is 1. The molecule has 0 radical (unpaired) electrons. The summed E-state index contributed by atoms with van der Waals surface area (Å²) < 4.78 is 5.11. The van der Waals surface area contributed by atoms with Crippen LogP contribution < -0.4 is 15.8 Å². The van der Waals surface area contributed by atoms with Crippen molar-refractivity contribution in [1.82, 2.24) is 5.32 Å².